The maximum absolute atomic E-state index is 14.8. The molecule has 0 saturated carbocycles. The Labute approximate surface area is 276 Å². The van der Waals surface area contributed by atoms with Gasteiger partial charge in [-0.25, -0.2) is 23.5 Å². The Morgan fingerprint density at radius 2 is 1.79 bits per heavy atom. The molecule has 1 saturated heterocycles. The van der Waals surface area contributed by atoms with Crippen molar-refractivity contribution in [3.63, 3.8) is 0 Å². The first-order valence-corrected chi connectivity index (χ1v) is 16.5. The van der Waals surface area contributed by atoms with Crippen LogP contribution in [0.1, 0.15) is 82.4 Å². The summed E-state index contributed by atoms with van der Waals surface area (Å²) in [6.45, 7) is 12.3. The number of piperidine rings is 1. The molecule has 1 atom stereocenters. The van der Waals surface area contributed by atoms with E-state index in [0.717, 1.165) is 47.6 Å². The summed E-state index contributed by atoms with van der Waals surface area (Å²) in [4.78, 5) is 50.4. The number of ether oxygens (including phenoxy) is 3. The number of halogens is 2. The molecule has 0 unspecified atom stereocenters. The van der Waals surface area contributed by atoms with Gasteiger partial charge in [-0.05, 0) is 72.4 Å². The van der Waals surface area contributed by atoms with Crippen LogP contribution < -0.4 is 15.0 Å². The Morgan fingerprint density at radius 3 is 2.47 bits per heavy atom. The van der Waals surface area contributed by atoms with E-state index in [2.05, 4.69) is 20.2 Å². The third-order valence-corrected chi connectivity index (χ3v) is 8.51. The van der Waals surface area contributed by atoms with Gasteiger partial charge in [0.25, 0.3) is 0 Å². The van der Waals surface area contributed by atoms with Gasteiger partial charge in [-0.1, -0.05) is 17.4 Å². The summed E-state index contributed by atoms with van der Waals surface area (Å²) >= 11 is 0.782. The summed E-state index contributed by atoms with van der Waals surface area (Å²) < 4.78 is 46.2. The third-order valence-electron chi connectivity index (χ3n) is 7.52. The van der Waals surface area contributed by atoms with E-state index in [1.165, 1.54) is 6.07 Å². The maximum atomic E-state index is 14.8. The fraction of sp³-hybridized carbons (Fsp3) is 0.500. The summed E-state index contributed by atoms with van der Waals surface area (Å²) in [5.41, 5.74) is 0.370. The van der Waals surface area contributed by atoms with Gasteiger partial charge in [-0.3, -0.25) is 14.9 Å². The smallest absolute Gasteiger partial charge is 0.412 e. The molecule has 13 heteroatoms. The molecule has 252 valence electrons. The van der Waals surface area contributed by atoms with Gasteiger partial charge < -0.3 is 19.1 Å². The Hall–Kier alpha value is -4.13. The van der Waals surface area contributed by atoms with Crippen molar-refractivity contribution in [1.82, 2.24) is 9.97 Å². The van der Waals surface area contributed by atoms with Gasteiger partial charge in [0.15, 0.2) is 5.78 Å². The molecule has 3 aromatic rings. The van der Waals surface area contributed by atoms with Crippen molar-refractivity contribution >= 4 is 39.9 Å². The summed E-state index contributed by atoms with van der Waals surface area (Å²) in [5, 5.41) is 2.47. The molecule has 1 fully saturated rings. The molecular weight excluding hydrogens is 630 g/mol. The monoisotopic (exact) mass is 670 g/mol. The van der Waals surface area contributed by atoms with Crippen molar-refractivity contribution in [1.29, 1.82) is 0 Å². The van der Waals surface area contributed by atoms with Crippen molar-refractivity contribution in [2.75, 3.05) is 29.9 Å². The molecule has 0 bridgehead atoms. The van der Waals surface area contributed by atoms with Crippen LogP contribution in [0.5, 0.6) is 5.88 Å². The lowest BCUT2D eigenvalue weighted by Crippen LogP contribution is -2.38. The molecule has 1 aromatic carbocycles. The molecule has 47 heavy (non-hydrogen) atoms. The molecule has 1 N–H and O–H groups in total. The molecule has 10 nitrogen and oxygen atoms in total. The highest BCUT2D eigenvalue weighted by Gasteiger charge is 2.32. The minimum absolute atomic E-state index is 0.0105. The second kappa shape index (κ2) is 13.5. The number of nitrogens with zero attached hydrogens (tertiary/aromatic N) is 3. The standard InChI is InChI=1S/C34H40F2N4O6S/c1-33(2,3)45-25(42)15-19-9-8-13-40(18-19)28-20(17-37-29-21(28)12-14-44-29)16-24(41)27-31(39-32(43)46-34(4,5)6)47-30(38-27)26-22(35)10-7-11-23(26)36/h7,10-11,17,19H,8-9,12-16,18H2,1-6H3,(H,39,43)/t19-/m1/s1. The van der Waals surface area contributed by atoms with Crippen LogP contribution in [0.4, 0.5) is 24.3 Å². The number of rotatable bonds is 8. The largest absolute Gasteiger partial charge is 0.477 e. The summed E-state index contributed by atoms with van der Waals surface area (Å²) in [5.74, 6) is -1.88. The lowest BCUT2D eigenvalue weighted by atomic mass is 9.92. The van der Waals surface area contributed by atoms with E-state index in [9.17, 15) is 23.2 Å². The number of amides is 1. The van der Waals surface area contributed by atoms with E-state index >= 15 is 0 Å². The number of esters is 1. The zero-order valence-corrected chi connectivity index (χ0v) is 28.3. The quantitative estimate of drug-likeness (QED) is 0.197. The Kier molecular flexibility index (Phi) is 9.86. The van der Waals surface area contributed by atoms with Gasteiger partial charge in [0.1, 0.15) is 38.5 Å². The van der Waals surface area contributed by atoms with Crippen molar-refractivity contribution in [2.45, 2.75) is 84.8 Å². The molecular formula is C34H40F2N4O6S. The number of aromatic nitrogens is 2. The molecule has 2 aromatic heterocycles. The first-order valence-electron chi connectivity index (χ1n) is 15.7. The van der Waals surface area contributed by atoms with Gasteiger partial charge >= 0.3 is 12.1 Å². The number of thiazole rings is 1. The number of ketones is 1. The summed E-state index contributed by atoms with van der Waals surface area (Å²) in [6, 6.07) is 3.43. The number of Topliss-reactive ketones (excluding diaryl/α,β-unsaturated/α-hetero) is 1. The van der Waals surface area contributed by atoms with Gasteiger partial charge in [-0.2, -0.15) is 0 Å². The lowest BCUT2D eigenvalue weighted by molar-refractivity contribution is -0.156. The molecule has 0 spiro atoms. The van der Waals surface area contributed by atoms with Crippen LogP contribution in [0.25, 0.3) is 10.6 Å². The number of hydrogen-bond acceptors (Lipinski definition) is 10. The van der Waals surface area contributed by atoms with E-state index in [-0.39, 0.29) is 40.4 Å². The number of nitrogens with one attached hydrogen (secondary N) is 1. The van der Waals surface area contributed by atoms with Gasteiger partial charge in [0.2, 0.25) is 5.88 Å². The summed E-state index contributed by atoms with van der Waals surface area (Å²) in [6.07, 6.45) is 3.19. The zero-order valence-electron chi connectivity index (χ0n) is 27.5. The number of benzene rings is 1. The second-order valence-electron chi connectivity index (χ2n) is 13.8. The van der Waals surface area contributed by atoms with Crippen LogP contribution in [0, 0.1) is 17.6 Å². The van der Waals surface area contributed by atoms with Crippen LogP contribution in [0.15, 0.2) is 24.4 Å². The number of carbonyl (C=O) groups is 3. The van der Waals surface area contributed by atoms with E-state index < -0.39 is 40.3 Å². The van der Waals surface area contributed by atoms with E-state index in [4.69, 9.17) is 14.2 Å². The number of hydrogen-bond donors (Lipinski definition) is 1. The fourth-order valence-corrected chi connectivity index (χ4v) is 6.82. The van der Waals surface area contributed by atoms with Crippen molar-refractivity contribution in [3.8, 4) is 16.5 Å². The van der Waals surface area contributed by atoms with Crippen molar-refractivity contribution in [3.05, 3.63) is 52.9 Å². The highest BCUT2D eigenvalue weighted by molar-refractivity contribution is 7.19. The molecule has 2 aliphatic rings. The fourth-order valence-electron chi connectivity index (χ4n) is 5.80. The van der Waals surface area contributed by atoms with Gasteiger partial charge in [0, 0.05) is 43.3 Å². The van der Waals surface area contributed by atoms with E-state index in [1.54, 1.807) is 27.0 Å². The van der Waals surface area contributed by atoms with Gasteiger partial charge in [-0.15, -0.1) is 0 Å². The SMILES string of the molecule is CC(C)(C)OC(=O)C[C@H]1CCCN(c2c(CC(=O)c3nc(-c4c(F)cccc4F)sc3NC(=O)OC(C)(C)C)cnc3c2CCO3)C1. The average molecular weight is 671 g/mol. The zero-order chi connectivity index (χ0) is 34.1. The minimum Gasteiger partial charge on any atom is -0.477 e. The Balaban J connectivity index is 1.46. The first kappa shape index (κ1) is 34.2. The third kappa shape index (κ3) is 8.43. The first-order chi connectivity index (χ1) is 22.1. The molecule has 0 radical (unpaired) electrons. The Bertz CT molecular complexity index is 1660. The molecule has 2 aliphatic heterocycles. The normalized spacial score (nSPS) is 16.3. The maximum Gasteiger partial charge on any atom is 0.412 e. The second-order valence-corrected chi connectivity index (χ2v) is 14.8. The van der Waals surface area contributed by atoms with Crippen LogP contribution in [0.2, 0.25) is 0 Å². The van der Waals surface area contributed by atoms with Crippen molar-refractivity contribution in [2.24, 2.45) is 5.92 Å². The van der Waals surface area contributed by atoms with Crippen LogP contribution in [-0.4, -0.2) is 58.7 Å². The van der Waals surface area contributed by atoms with Gasteiger partial charge in [0.05, 0.1) is 24.3 Å². The molecule has 1 amide bonds. The number of fused-ring (bicyclic) bond motifs is 1. The van der Waals surface area contributed by atoms with Crippen molar-refractivity contribution < 1.29 is 37.4 Å². The number of carbonyl (C=O) groups excluding carboxylic acids is 3. The van der Waals surface area contributed by atoms with E-state index in [0.29, 0.717) is 37.6 Å². The highest BCUT2D eigenvalue weighted by atomic mass is 32.1. The summed E-state index contributed by atoms with van der Waals surface area (Å²) in [7, 11) is 0. The average Bonchev–Trinajstić information content (AvgIpc) is 3.58. The highest BCUT2D eigenvalue weighted by Crippen LogP contribution is 2.40. The lowest BCUT2D eigenvalue weighted by Gasteiger charge is -2.36. The van der Waals surface area contributed by atoms with Crippen LogP contribution in [0.3, 0.4) is 0 Å². The Morgan fingerprint density at radius 1 is 1.09 bits per heavy atom. The predicted molar refractivity (Wildman–Crippen MR) is 174 cm³/mol. The number of anilines is 2. The van der Waals surface area contributed by atoms with Crippen LogP contribution in [-0.2, 0) is 27.1 Å². The van der Waals surface area contributed by atoms with Crippen LogP contribution >= 0.6 is 11.3 Å². The topological polar surface area (TPSA) is 120 Å². The molecule has 5 rings (SSSR count). The van der Waals surface area contributed by atoms with E-state index in [1.807, 2.05) is 20.8 Å². The minimum atomic E-state index is -0.849. The predicted octanol–water partition coefficient (Wildman–Crippen LogP) is 7.14. The molecule has 4 heterocycles. The number of pyridine rings is 1. The molecule has 0 aliphatic carbocycles.